The fraction of sp³-hybridized carbons (Fsp3) is 0.250. The summed E-state index contributed by atoms with van der Waals surface area (Å²) in [5.74, 6) is -1.22. The number of carbonyl (C=O) groups excluding carboxylic acids is 2. The molecule has 8 heteroatoms. The summed E-state index contributed by atoms with van der Waals surface area (Å²) in [6, 6.07) is 23.5. The third-order valence-corrected chi connectivity index (χ3v) is 5.81. The maximum atomic E-state index is 12.1. The SMILES string of the molecule is O=C(CNC1CC1)Nc1cccc(-c2ccc(CC(NC(=O)OCc3ccccc3)C(=O)O)cc2)c1. The minimum Gasteiger partial charge on any atom is -0.480 e. The summed E-state index contributed by atoms with van der Waals surface area (Å²) in [6.07, 6.45) is 1.58. The lowest BCUT2D eigenvalue weighted by molar-refractivity contribution is -0.139. The summed E-state index contributed by atoms with van der Waals surface area (Å²) in [6.45, 7) is 0.354. The summed E-state index contributed by atoms with van der Waals surface area (Å²) >= 11 is 0. The molecule has 2 amide bonds. The van der Waals surface area contributed by atoms with Crippen molar-refractivity contribution < 1.29 is 24.2 Å². The third-order valence-electron chi connectivity index (χ3n) is 5.81. The molecule has 1 saturated carbocycles. The maximum absolute atomic E-state index is 12.1. The largest absolute Gasteiger partial charge is 0.480 e. The fourth-order valence-electron chi connectivity index (χ4n) is 3.68. The van der Waals surface area contributed by atoms with E-state index in [-0.39, 0.29) is 18.9 Å². The van der Waals surface area contributed by atoms with Crippen molar-refractivity contribution in [3.63, 3.8) is 0 Å². The van der Waals surface area contributed by atoms with E-state index in [2.05, 4.69) is 16.0 Å². The normalized spacial score (nSPS) is 13.4. The highest BCUT2D eigenvalue weighted by Gasteiger charge is 2.22. The Morgan fingerprint density at radius 3 is 2.33 bits per heavy atom. The van der Waals surface area contributed by atoms with E-state index in [1.54, 1.807) is 0 Å². The smallest absolute Gasteiger partial charge is 0.408 e. The van der Waals surface area contributed by atoms with Crippen LogP contribution in [0.2, 0.25) is 0 Å². The number of carboxylic acid groups (broad SMARTS) is 1. The van der Waals surface area contributed by atoms with E-state index < -0.39 is 18.1 Å². The molecule has 1 aliphatic carbocycles. The molecule has 4 N–H and O–H groups in total. The van der Waals surface area contributed by atoms with Crippen LogP contribution in [0.1, 0.15) is 24.0 Å². The molecule has 0 aliphatic heterocycles. The maximum Gasteiger partial charge on any atom is 0.408 e. The van der Waals surface area contributed by atoms with Crippen LogP contribution < -0.4 is 16.0 Å². The van der Waals surface area contributed by atoms with E-state index in [0.29, 0.717) is 18.3 Å². The van der Waals surface area contributed by atoms with Gasteiger partial charge in [0.1, 0.15) is 12.6 Å². The topological polar surface area (TPSA) is 117 Å². The number of hydrogen-bond acceptors (Lipinski definition) is 5. The molecule has 4 rings (SSSR count). The van der Waals surface area contributed by atoms with Gasteiger partial charge in [-0.15, -0.1) is 0 Å². The number of carbonyl (C=O) groups is 3. The molecule has 186 valence electrons. The van der Waals surface area contributed by atoms with Gasteiger partial charge in [0.05, 0.1) is 6.54 Å². The highest BCUT2D eigenvalue weighted by molar-refractivity contribution is 5.93. The first-order valence-electron chi connectivity index (χ1n) is 11.9. The molecular weight excluding hydrogens is 458 g/mol. The number of carboxylic acids is 1. The number of benzene rings is 3. The number of ether oxygens (including phenoxy) is 1. The zero-order valence-electron chi connectivity index (χ0n) is 19.8. The van der Waals surface area contributed by atoms with Crippen LogP contribution in [0.15, 0.2) is 78.9 Å². The standard InChI is InChI=1S/C28H29N3O5/c32-26(17-29-23-13-14-23)30-24-8-4-7-22(16-24)21-11-9-19(10-12-21)15-25(27(33)34)31-28(35)36-18-20-5-2-1-3-6-20/h1-12,16,23,25,29H,13-15,17-18H2,(H,30,32)(H,31,35)(H,33,34). The van der Waals surface area contributed by atoms with Crippen molar-refractivity contribution in [2.24, 2.45) is 0 Å². The molecule has 36 heavy (non-hydrogen) atoms. The third kappa shape index (κ3) is 7.68. The van der Waals surface area contributed by atoms with Crippen LogP contribution in [0.25, 0.3) is 11.1 Å². The van der Waals surface area contributed by atoms with Gasteiger partial charge in [-0.1, -0.05) is 66.7 Å². The summed E-state index contributed by atoms with van der Waals surface area (Å²) in [4.78, 5) is 35.9. The van der Waals surface area contributed by atoms with Crippen LogP contribution in [-0.4, -0.2) is 41.7 Å². The van der Waals surface area contributed by atoms with Gasteiger partial charge in [0, 0.05) is 18.2 Å². The molecule has 3 aromatic carbocycles. The summed E-state index contributed by atoms with van der Waals surface area (Å²) in [7, 11) is 0. The van der Waals surface area contributed by atoms with E-state index in [4.69, 9.17) is 4.74 Å². The molecule has 0 bridgehead atoms. The lowest BCUT2D eigenvalue weighted by Crippen LogP contribution is -2.42. The van der Waals surface area contributed by atoms with Crippen molar-refractivity contribution in [2.45, 2.75) is 38.0 Å². The molecular formula is C28H29N3O5. The Balaban J connectivity index is 1.32. The van der Waals surface area contributed by atoms with Crippen molar-refractivity contribution in [1.29, 1.82) is 0 Å². The van der Waals surface area contributed by atoms with Gasteiger partial charge in [-0.25, -0.2) is 9.59 Å². The van der Waals surface area contributed by atoms with E-state index in [1.165, 1.54) is 0 Å². The second-order valence-electron chi connectivity index (χ2n) is 8.78. The van der Waals surface area contributed by atoms with Gasteiger partial charge in [0.2, 0.25) is 5.91 Å². The van der Waals surface area contributed by atoms with Gasteiger partial charge >= 0.3 is 12.1 Å². The van der Waals surface area contributed by atoms with Gasteiger partial charge < -0.3 is 25.8 Å². The van der Waals surface area contributed by atoms with Gasteiger partial charge in [-0.2, -0.15) is 0 Å². The molecule has 0 radical (unpaired) electrons. The highest BCUT2D eigenvalue weighted by Crippen LogP contribution is 2.24. The Kier molecular flexibility index (Phi) is 8.31. The van der Waals surface area contributed by atoms with Crippen LogP contribution >= 0.6 is 0 Å². The number of anilines is 1. The monoisotopic (exact) mass is 487 g/mol. The van der Waals surface area contributed by atoms with E-state index in [9.17, 15) is 19.5 Å². The molecule has 1 atom stereocenters. The molecule has 0 spiro atoms. The Labute approximate surface area is 209 Å². The Morgan fingerprint density at radius 2 is 1.64 bits per heavy atom. The Hall–Kier alpha value is -4.17. The molecule has 1 fully saturated rings. The average molecular weight is 488 g/mol. The molecule has 3 aromatic rings. The van der Waals surface area contributed by atoms with Crippen LogP contribution in [0.4, 0.5) is 10.5 Å². The van der Waals surface area contributed by atoms with Gasteiger partial charge in [0.25, 0.3) is 0 Å². The first-order valence-corrected chi connectivity index (χ1v) is 11.9. The predicted octanol–water partition coefficient (Wildman–Crippen LogP) is 3.97. The number of alkyl carbamates (subject to hydrolysis) is 1. The first-order chi connectivity index (χ1) is 17.5. The minimum absolute atomic E-state index is 0.0598. The zero-order valence-corrected chi connectivity index (χ0v) is 19.8. The van der Waals surface area contributed by atoms with Gasteiger partial charge in [0.15, 0.2) is 0 Å². The Bertz CT molecular complexity index is 1190. The number of nitrogens with one attached hydrogen (secondary N) is 3. The van der Waals surface area contributed by atoms with Crippen molar-refractivity contribution in [3.05, 3.63) is 90.0 Å². The summed E-state index contributed by atoms with van der Waals surface area (Å²) < 4.78 is 5.14. The van der Waals surface area contributed by atoms with E-state index in [0.717, 1.165) is 35.1 Å². The van der Waals surface area contributed by atoms with Crippen LogP contribution in [0, 0.1) is 0 Å². The highest BCUT2D eigenvalue weighted by atomic mass is 16.5. The van der Waals surface area contributed by atoms with Crippen LogP contribution in [0.5, 0.6) is 0 Å². The summed E-state index contributed by atoms with van der Waals surface area (Å²) in [5, 5.41) is 18.1. The number of hydrogen-bond donors (Lipinski definition) is 4. The Morgan fingerprint density at radius 1 is 0.889 bits per heavy atom. The van der Waals surface area contributed by atoms with E-state index >= 15 is 0 Å². The molecule has 0 aromatic heterocycles. The quantitative estimate of drug-likeness (QED) is 0.325. The second kappa shape index (κ2) is 12.0. The summed E-state index contributed by atoms with van der Waals surface area (Å²) in [5.41, 5.74) is 4.13. The van der Waals surface area contributed by atoms with E-state index in [1.807, 2.05) is 78.9 Å². The lowest BCUT2D eigenvalue weighted by atomic mass is 10.0. The van der Waals surface area contributed by atoms with Crippen molar-refractivity contribution >= 4 is 23.7 Å². The minimum atomic E-state index is -1.14. The molecule has 1 aliphatic rings. The zero-order chi connectivity index (χ0) is 25.3. The average Bonchev–Trinajstić information content (AvgIpc) is 3.72. The van der Waals surface area contributed by atoms with Crippen molar-refractivity contribution in [3.8, 4) is 11.1 Å². The lowest BCUT2D eigenvalue weighted by Gasteiger charge is -2.15. The number of amides is 2. The van der Waals surface area contributed by atoms with Crippen molar-refractivity contribution in [2.75, 3.05) is 11.9 Å². The van der Waals surface area contributed by atoms with Gasteiger partial charge in [-0.3, -0.25) is 4.79 Å². The first kappa shape index (κ1) is 24.9. The molecule has 8 nitrogen and oxygen atoms in total. The molecule has 0 saturated heterocycles. The molecule has 1 unspecified atom stereocenters. The van der Waals surface area contributed by atoms with Crippen molar-refractivity contribution in [1.82, 2.24) is 10.6 Å². The van der Waals surface area contributed by atoms with Crippen LogP contribution in [0.3, 0.4) is 0 Å². The van der Waals surface area contributed by atoms with Crippen LogP contribution in [-0.2, 0) is 27.4 Å². The fourth-order valence-corrected chi connectivity index (χ4v) is 3.68. The second-order valence-corrected chi connectivity index (χ2v) is 8.78. The molecule has 0 heterocycles. The predicted molar refractivity (Wildman–Crippen MR) is 136 cm³/mol. The van der Waals surface area contributed by atoms with Gasteiger partial charge in [-0.05, 0) is 47.2 Å². The number of rotatable bonds is 11. The number of aliphatic carboxylic acids is 1.